The minimum absolute atomic E-state index is 0.782. The highest BCUT2D eigenvalue weighted by molar-refractivity contribution is 7.16. The van der Waals surface area contributed by atoms with E-state index in [0.29, 0.717) is 0 Å². The molecule has 3 aromatic rings. The molecule has 1 aliphatic carbocycles. The molecule has 1 aromatic heterocycles. The van der Waals surface area contributed by atoms with E-state index in [1.807, 2.05) is 24.4 Å². The van der Waals surface area contributed by atoms with Gasteiger partial charge in [-0.15, -0.1) is 11.3 Å². The first kappa shape index (κ1) is 14.9. The summed E-state index contributed by atoms with van der Waals surface area (Å²) in [6, 6.07) is 21.0. The van der Waals surface area contributed by atoms with Crippen LogP contribution in [0.1, 0.15) is 28.0 Å². The molecule has 0 atom stereocenters. The van der Waals surface area contributed by atoms with Crippen molar-refractivity contribution in [1.29, 1.82) is 5.26 Å². The molecule has 24 heavy (non-hydrogen) atoms. The van der Waals surface area contributed by atoms with Crippen LogP contribution in [-0.2, 0) is 12.8 Å². The molecule has 4 rings (SSSR count). The Morgan fingerprint density at radius 2 is 1.71 bits per heavy atom. The lowest BCUT2D eigenvalue weighted by molar-refractivity contribution is 0.913. The summed E-state index contributed by atoms with van der Waals surface area (Å²) < 4.78 is 0. The van der Waals surface area contributed by atoms with Crippen molar-refractivity contribution in [2.45, 2.75) is 19.3 Å². The second-order valence-corrected chi connectivity index (χ2v) is 6.98. The highest BCUT2D eigenvalue weighted by atomic mass is 32.1. The molecule has 0 bridgehead atoms. The van der Waals surface area contributed by atoms with Crippen molar-refractivity contribution in [1.82, 2.24) is 0 Å². The molecule has 0 amide bonds. The maximum Gasteiger partial charge on any atom is 0.134 e. The first-order chi connectivity index (χ1) is 11.8. The van der Waals surface area contributed by atoms with Crippen LogP contribution < -0.4 is 0 Å². The van der Waals surface area contributed by atoms with E-state index in [4.69, 9.17) is 0 Å². The van der Waals surface area contributed by atoms with E-state index in [0.717, 1.165) is 29.0 Å². The van der Waals surface area contributed by atoms with E-state index in [9.17, 15) is 5.26 Å². The van der Waals surface area contributed by atoms with Gasteiger partial charge in [-0.2, -0.15) is 5.26 Å². The quantitative estimate of drug-likeness (QED) is 0.583. The molecule has 2 aromatic carbocycles. The van der Waals surface area contributed by atoms with E-state index in [1.54, 1.807) is 11.3 Å². The van der Waals surface area contributed by atoms with E-state index >= 15 is 0 Å². The fraction of sp³-hybridized carbons (Fsp3) is 0.143. The lowest BCUT2D eigenvalue weighted by Gasteiger charge is -2.01. The van der Waals surface area contributed by atoms with Crippen LogP contribution >= 0.6 is 11.3 Å². The number of rotatable bonds is 3. The summed E-state index contributed by atoms with van der Waals surface area (Å²) in [4.78, 5) is 5.93. The molecule has 0 unspecified atom stereocenters. The monoisotopic (exact) mass is 328 g/mol. The average Bonchev–Trinajstić information content (AvgIpc) is 3.21. The summed E-state index contributed by atoms with van der Waals surface area (Å²) in [5.41, 5.74) is 5.47. The highest BCUT2D eigenvalue weighted by Crippen LogP contribution is 2.40. The van der Waals surface area contributed by atoms with Crippen LogP contribution in [0.15, 0.2) is 59.6 Å². The molecule has 2 nitrogen and oxygen atoms in total. The number of nitrogens with zero attached hydrogens (tertiary/aromatic N) is 2. The van der Waals surface area contributed by atoms with Gasteiger partial charge in [-0.3, -0.25) is 0 Å². The van der Waals surface area contributed by atoms with Crippen molar-refractivity contribution in [3.63, 3.8) is 0 Å². The summed E-state index contributed by atoms with van der Waals surface area (Å²) in [6.45, 7) is 0. The summed E-state index contributed by atoms with van der Waals surface area (Å²) >= 11 is 1.67. The summed E-state index contributed by atoms with van der Waals surface area (Å²) in [6.07, 6.45) is 5.14. The predicted octanol–water partition coefficient (Wildman–Crippen LogP) is 5.53. The fourth-order valence-corrected chi connectivity index (χ4v) is 4.30. The van der Waals surface area contributed by atoms with Crippen molar-refractivity contribution in [2.24, 2.45) is 4.99 Å². The smallest absolute Gasteiger partial charge is 0.134 e. The second-order valence-electron chi connectivity index (χ2n) is 5.90. The van der Waals surface area contributed by atoms with Gasteiger partial charge in [0.2, 0.25) is 0 Å². The third-order valence-corrected chi connectivity index (χ3v) is 5.56. The van der Waals surface area contributed by atoms with Gasteiger partial charge in [-0.1, -0.05) is 54.6 Å². The maximum atomic E-state index is 9.41. The number of aryl methyl sites for hydroxylation is 1. The molecule has 0 saturated heterocycles. The SMILES string of the molecule is N#Cc1c(N=Cc2ccc(-c3ccccc3)cc2)sc2c1CCC2. The number of hydrogen-bond acceptors (Lipinski definition) is 3. The van der Waals surface area contributed by atoms with Gasteiger partial charge in [-0.05, 0) is 41.5 Å². The lowest BCUT2D eigenvalue weighted by Crippen LogP contribution is -1.83. The van der Waals surface area contributed by atoms with Gasteiger partial charge in [-0.25, -0.2) is 4.99 Å². The van der Waals surface area contributed by atoms with Crippen LogP contribution in [0, 0.1) is 11.3 Å². The van der Waals surface area contributed by atoms with Gasteiger partial charge in [0.05, 0.1) is 5.56 Å². The van der Waals surface area contributed by atoms with E-state index in [2.05, 4.69) is 47.5 Å². The van der Waals surface area contributed by atoms with Gasteiger partial charge < -0.3 is 0 Å². The number of benzene rings is 2. The zero-order chi connectivity index (χ0) is 16.4. The number of fused-ring (bicyclic) bond motifs is 1. The number of thiophene rings is 1. The average molecular weight is 328 g/mol. The van der Waals surface area contributed by atoms with E-state index in [1.165, 1.54) is 28.0 Å². The van der Waals surface area contributed by atoms with Crippen LogP contribution in [0.5, 0.6) is 0 Å². The molecule has 0 aliphatic heterocycles. The van der Waals surface area contributed by atoms with Crippen molar-refractivity contribution >= 4 is 22.6 Å². The van der Waals surface area contributed by atoms with Crippen LogP contribution in [0.25, 0.3) is 11.1 Å². The molecule has 3 heteroatoms. The Morgan fingerprint density at radius 1 is 0.958 bits per heavy atom. The molecule has 1 aliphatic rings. The van der Waals surface area contributed by atoms with E-state index < -0.39 is 0 Å². The molecular formula is C21H16N2S. The molecule has 0 fully saturated rings. The zero-order valence-electron chi connectivity index (χ0n) is 13.2. The third-order valence-electron chi connectivity index (χ3n) is 4.36. The summed E-state index contributed by atoms with van der Waals surface area (Å²) in [5, 5.41) is 10.3. The Kier molecular flexibility index (Phi) is 3.98. The Balaban J connectivity index is 1.58. The zero-order valence-corrected chi connectivity index (χ0v) is 14.0. The first-order valence-electron chi connectivity index (χ1n) is 8.09. The molecule has 1 heterocycles. The normalized spacial score (nSPS) is 13.1. The van der Waals surface area contributed by atoms with Crippen LogP contribution in [-0.4, -0.2) is 6.21 Å². The third kappa shape index (κ3) is 2.77. The topological polar surface area (TPSA) is 36.1 Å². The largest absolute Gasteiger partial charge is 0.244 e. The molecule has 0 spiro atoms. The lowest BCUT2D eigenvalue weighted by atomic mass is 10.0. The Morgan fingerprint density at radius 3 is 2.46 bits per heavy atom. The minimum atomic E-state index is 0.782. The van der Waals surface area contributed by atoms with Gasteiger partial charge in [0.25, 0.3) is 0 Å². The van der Waals surface area contributed by atoms with Crippen molar-refractivity contribution < 1.29 is 0 Å². The van der Waals surface area contributed by atoms with Crippen molar-refractivity contribution in [3.8, 4) is 17.2 Å². The minimum Gasteiger partial charge on any atom is -0.244 e. The van der Waals surface area contributed by atoms with Gasteiger partial charge in [0, 0.05) is 11.1 Å². The highest BCUT2D eigenvalue weighted by Gasteiger charge is 2.21. The summed E-state index contributed by atoms with van der Waals surface area (Å²) in [5.74, 6) is 0. The molecule has 0 saturated carbocycles. The Bertz CT molecular complexity index is 928. The maximum absolute atomic E-state index is 9.41. The predicted molar refractivity (Wildman–Crippen MR) is 100 cm³/mol. The summed E-state index contributed by atoms with van der Waals surface area (Å²) in [7, 11) is 0. The van der Waals surface area contributed by atoms with Crippen LogP contribution in [0.4, 0.5) is 5.00 Å². The molecule has 0 N–H and O–H groups in total. The van der Waals surface area contributed by atoms with Crippen LogP contribution in [0.2, 0.25) is 0 Å². The standard InChI is InChI=1S/C21H16N2S/c22-13-19-18-7-4-8-20(18)24-21(19)23-14-15-9-11-17(12-10-15)16-5-2-1-3-6-16/h1-3,5-6,9-12,14H,4,7-8H2. The van der Waals surface area contributed by atoms with Crippen LogP contribution in [0.3, 0.4) is 0 Å². The second kappa shape index (κ2) is 6.43. The fourth-order valence-electron chi connectivity index (χ4n) is 3.12. The number of aliphatic imine (C=N–C) groups is 1. The Labute approximate surface area is 145 Å². The van der Waals surface area contributed by atoms with Gasteiger partial charge in [0.1, 0.15) is 11.1 Å². The number of hydrogen-bond donors (Lipinski definition) is 0. The molecule has 0 radical (unpaired) electrons. The van der Waals surface area contributed by atoms with Crippen molar-refractivity contribution in [2.75, 3.05) is 0 Å². The van der Waals surface area contributed by atoms with E-state index in [-0.39, 0.29) is 0 Å². The first-order valence-corrected chi connectivity index (χ1v) is 8.91. The van der Waals surface area contributed by atoms with Gasteiger partial charge in [0.15, 0.2) is 0 Å². The molecule has 116 valence electrons. The van der Waals surface area contributed by atoms with Gasteiger partial charge >= 0.3 is 0 Å². The van der Waals surface area contributed by atoms with Crippen molar-refractivity contribution in [3.05, 3.63) is 76.2 Å². The number of nitriles is 1. The molecular weight excluding hydrogens is 312 g/mol. The Hall–Kier alpha value is -2.70.